The van der Waals surface area contributed by atoms with Crippen molar-refractivity contribution in [1.29, 1.82) is 0 Å². The van der Waals surface area contributed by atoms with E-state index in [0.717, 1.165) is 25.7 Å². The normalized spacial score (nSPS) is 21.8. The molecule has 0 aromatic heterocycles. The largest absolute Gasteiger partial charge is 0.330 e. The molecule has 3 unspecified atom stereocenters. The molecule has 4 aliphatic heterocycles. The molecule has 0 spiro atoms. The zero-order chi connectivity index (χ0) is 57.1. The monoisotopic (exact) mass is 1060 g/mol. The van der Waals surface area contributed by atoms with Gasteiger partial charge in [-0.2, -0.15) is 0 Å². The van der Waals surface area contributed by atoms with Crippen LogP contribution in [0.25, 0.3) is 11.1 Å². The molecule has 3 nitrogen and oxygen atoms in total. The maximum atomic E-state index is 2.83. The molecule has 2 bridgehead atoms. The molecule has 6 aliphatic rings. The smallest absolute Gasteiger partial charge is 0.252 e. The third-order valence-electron chi connectivity index (χ3n) is 21.4. The molecule has 14 rings (SSSR count). The van der Waals surface area contributed by atoms with Gasteiger partial charge in [0.25, 0.3) is 6.71 Å². The number of aryl methyl sites for hydroxylation is 1. The van der Waals surface area contributed by atoms with Crippen molar-refractivity contribution in [3.8, 4) is 11.1 Å². The van der Waals surface area contributed by atoms with Crippen LogP contribution in [0.1, 0.15) is 193 Å². The fourth-order valence-corrected chi connectivity index (χ4v) is 16.2. The Morgan fingerprint density at radius 3 is 1.68 bits per heavy atom. The number of fused-ring (bicyclic) bond motifs is 14. The van der Waals surface area contributed by atoms with Gasteiger partial charge in [-0.15, -0.1) is 0 Å². The van der Waals surface area contributed by atoms with Gasteiger partial charge in [0.05, 0.1) is 11.2 Å². The second kappa shape index (κ2) is 16.7. The van der Waals surface area contributed by atoms with Crippen LogP contribution in [-0.2, 0) is 49.9 Å². The highest BCUT2D eigenvalue weighted by atomic mass is 15.3. The summed E-state index contributed by atoms with van der Waals surface area (Å²) in [7, 11) is 0. The second-order valence-corrected chi connectivity index (χ2v) is 30.9. The van der Waals surface area contributed by atoms with Crippen LogP contribution >= 0.6 is 0 Å². The Hall–Kier alpha value is -6.78. The fourth-order valence-electron chi connectivity index (χ4n) is 16.2. The second-order valence-electron chi connectivity index (χ2n) is 30.9. The SMILES string of the molecule is CC(C)(C)c1cccc(N2c3cc(C(C)(C)C)ccc3B3c4cc5c6cc4N(c4ccc(C(C)(C)C)cc4-c4ccccc4C6(C)CCC5(C)C)c4cc(N5c6ccc(C(C)(C)C)cc6C6(C)CCc7ccccc7C56C)cc2c43)c1. The van der Waals surface area contributed by atoms with Gasteiger partial charge in [-0.05, 0) is 192 Å². The molecule has 0 amide bonds. The lowest BCUT2D eigenvalue weighted by atomic mass is 9.33. The molecular formula is C77H84BN3. The molecule has 410 valence electrons. The van der Waals surface area contributed by atoms with Crippen molar-refractivity contribution in [2.24, 2.45) is 0 Å². The van der Waals surface area contributed by atoms with E-state index in [0.29, 0.717) is 0 Å². The van der Waals surface area contributed by atoms with Crippen LogP contribution in [0, 0.1) is 0 Å². The van der Waals surface area contributed by atoms with Crippen molar-refractivity contribution in [2.75, 3.05) is 14.7 Å². The minimum Gasteiger partial charge on any atom is -0.330 e. The summed E-state index contributed by atoms with van der Waals surface area (Å²) in [4.78, 5) is 8.31. The number of nitrogens with zero attached hydrogens (tertiary/aromatic N) is 3. The van der Waals surface area contributed by atoms with E-state index in [1.54, 1.807) is 0 Å². The van der Waals surface area contributed by atoms with Crippen molar-refractivity contribution in [2.45, 2.75) is 187 Å². The summed E-state index contributed by atoms with van der Waals surface area (Å²) in [5.41, 5.74) is 30.0. The van der Waals surface area contributed by atoms with Gasteiger partial charge in [-0.3, -0.25) is 0 Å². The first-order chi connectivity index (χ1) is 38.0. The molecule has 4 heterocycles. The van der Waals surface area contributed by atoms with Crippen LogP contribution < -0.4 is 31.1 Å². The number of benzene rings is 8. The average molecular weight is 1060 g/mol. The van der Waals surface area contributed by atoms with E-state index in [1.807, 2.05) is 0 Å². The average Bonchev–Trinajstić information content (AvgIpc) is 3.86. The van der Waals surface area contributed by atoms with Gasteiger partial charge in [0.2, 0.25) is 0 Å². The summed E-state index contributed by atoms with van der Waals surface area (Å²) in [5, 5.41) is 0. The van der Waals surface area contributed by atoms with Crippen molar-refractivity contribution in [1.82, 2.24) is 0 Å². The molecular weight excluding hydrogens is 978 g/mol. The summed E-state index contributed by atoms with van der Waals surface area (Å²) in [5.74, 6) is 0. The fraction of sp³-hybridized carbons (Fsp3) is 0.377. The highest BCUT2D eigenvalue weighted by Crippen LogP contribution is 2.65. The van der Waals surface area contributed by atoms with Crippen LogP contribution in [0.2, 0.25) is 0 Å². The van der Waals surface area contributed by atoms with E-state index in [-0.39, 0.29) is 44.6 Å². The quantitative estimate of drug-likeness (QED) is 0.160. The van der Waals surface area contributed by atoms with Crippen molar-refractivity contribution in [3.05, 3.63) is 207 Å². The summed E-state index contributed by atoms with van der Waals surface area (Å²) in [6, 6.07) is 61.8. The highest BCUT2D eigenvalue weighted by Gasteiger charge is 2.61. The van der Waals surface area contributed by atoms with Gasteiger partial charge < -0.3 is 14.7 Å². The Kier molecular flexibility index (Phi) is 10.8. The van der Waals surface area contributed by atoms with Gasteiger partial charge in [0.1, 0.15) is 0 Å². The van der Waals surface area contributed by atoms with Crippen molar-refractivity contribution >= 4 is 68.6 Å². The molecule has 2 aliphatic carbocycles. The predicted molar refractivity (Wildman–Crippen MR) is 347 cm³/mol. The number of anilines is 8. The topological polar surface area (TPSA) is 9.72 Å². The number of hydrogen-bond donors (Lipinski definition) is 0. The Balaban J connectivity index is 1.18. The maximum absolute atomic E-state index is 2.83. The Labute approximate surface area is 485 Å². The third-order valence-corrected chi connectivity index (χ3v) is 21.4. The predicted octanol–water partition coefficient (Wildman–Crippen LogP) is 18.6. The molecule has 8 aromatic rings. The van der Waals surface area contributed by atoms with Crippen molar-refractivity contribution in [3.63, 3.8) is 0 Å². The van der Waals surface area contributed by atoms with Crippen molar-refractivity contribution < 1.29 is 0 Å². The summed E-state index contributed by atoms with van der Waals surface area (Å²) >= 11 is 0. The first-order valence-corrected chi connectivity index (χ1v) is 30.5. The third kappa shape index (κ3) is 7.26. The number of hydrogen-bond acceptors (Lipinski definition) is 3. The maximum Gasteiger partial charge on any atom is 0.252 e. The Morgan fingerprint density at radius 2 is 0.975 bits per heavy atom. The van der Waals surface area contributed by atoms with E-state index in [2.05, 4.69) is 284 Å². The van der Waals surface area contributed by atoms with Crippen LogP contribution in [0.15, 0.2) is 152 Å². The van der Waals surface area contributed by atoms with Crippen LogP contribution in [0.3, 0.4) is 0 Å². The molecule has 0 fully saturated rings. The minimum atomic E-state index is -0.421. The Morgan fingerprint density at radius 1 is 0.383 bits per heavy atom. The molecule has 3 atom stereocenters. The summed E-state index contributed by atoms with van der Waals surface area (Å²) < 4.78 is 0. The minimum absolute atomic E-state index is 0.00484. The summed E-state index contributed by atoms with van der Waals surface area (Å²) in [6.07, 6.45) is 4.30. The number of rotatable bonds is 2. The molecule has 0 saturated heterocycles. The van der Waals surface area contributed by atoms with E-state index in [1.165, 1.54) is 129 Å². The van der Waals surface area contributed by atoms with Gasteiger partial charge in [-0.1, -0.05) is 208 Å². The molecule has 0 saturated carbocycles. The summed E-state index contributed by atoms with van der Waals surface area (Å²) in [6.45, 7) is 41.2. The van der Waals surface area contributed by atoms with E-state index < -0.39 is 5.54 Å². The van der Waals surface area contributed by atoms with E-state index in [4.69, 9.17) is 0 Å². The Bertz CT molecular complexity index is 4000. The van der Waals surface area contributed by atoms with Crippen LogP contribution in [0.4, 0.5) is 45.5 Å². The zero-order valence-corrected chi connectivity index (χ0v) is 51.7. The van der Waals surface area contributed by atoms with Gasteiger partial charge in [0.15, 0.2) is 0 Å². The first kappa shape index (κ1) is 52.3. The van der Waals surface area contributed by atoms with Crippen LogP contribution in [0.5, 0.6) is 0 Å². The zero-order valence-electron chi connectivity index (χ0n) is 51.7. The molecule has 0 N–H and O–H groups in total. The lowest BCUT2D eigenvalue weighted by molar-refractivity contribution is 0.245. The molecule has 4 heteroatoms. The van der Waals surface area contributed by atoms with Gasteiger partial charge >= 0.3 is 0 Å². The molecule has 0 radical (unpaired) electrons. The lowest BCUT2D eigenvalue weighted by Crippen LogP contribution is -2.62. The molecule has 81 heavy (non-hydrogen) atoms. The van der Waals surface area contributed by atoms with E-state index >= 15 is 0 Å². The van der Waals surface area contributed by atoms with E-state index in [9.17, 15) is 0 Å². The first-order valence-electron chi connectivity index (χ1n) is 30.5. The highest BCUT2D eigenvalue weighted by molar-refractivity contribution is 7.00. The lowest BCUT2D eigenvalue weighted by Gasteiger charge is -2.52. The molecule has 8 aromatic carbocycles. The van der Waals surface area contributed by atoms with Gasteiger partial charge in [-0.25, -0.2) is 0 Å². The van der Waals surface area contributed by atoms with Gasteiger partial charge in [0, 0.05) is 56.2 Å². The standard InChI is InChI=1S/C77H84BN3/c1-70(2,3)48-24-22-25-52(39-48)79-65-42-51(73(10,11)12)29-32-61(65)78-62-45-58-59-46-66(62)80(63-33-30-49(71(4,5)6)40-55(63)54-26-19-21-28-57(54)75(59,15)38-37-74(58,13)14)68-44-53(43-67(79)69(68)78)81-64-34-31-50(72(7,8)9)41-60(64)76(16)36-35-47-23-18-20-27-56(47)77(76,81)17/h18-34,39-46H,35-38H2,1-17H3. The van der Waals surface area contributed by atoms with Crippen LogP contribution in [-0.4, -0.2) is 6.71 Å².